The molecule has 0 unspecified atom stereocenters. The summed E-state index contributed by atoms with van der Waals surface area (Å²) in [5.74, 6) is 0. The molecule has 0 aromatic carbocycles. The van der Waals surface area contributed by atoms with E-state index in [9.17, 15) is 0 Å². The molecule has 14 heavy (non-hydrogen) atoms. The summed E-state index contributed by atoms with van der Waals surface area (Å²) < 4.78 is 8.79. The molecule has 1 rings (SSSR count). The van der Waals surface area contributed by atoms with Gasteiger partial charge in [-0.2, -0.15) is 5.10 Å². The molecule has 0 spiro atoms. The van der Waals surface area contributed by atoms with Crippen LogP contribution in [-0.2, 0) is 11.3 Å². The number of hydrogen-bond donors (Lipinski definition) is 0. The lowest BCUT2D eigenvalue weighted by molar-refractivity contribution is 0.0601. The highest BCUT2D eigenvalue weighted by molar-refractivity contribution is 14.1. The second-order valence-corrected chi connectivity index (χ2v) is 5.00. The van der Waals surface area contributed by atoms with Crippen LogP contribution in [0.2, 0.25) is 0 Å². The van der Waals surface area contributed by atoms with Crippen molar-refractivity contribution < 1.29 is 4.74 Å². The van der Waals surface area contributed by atoms with Crippen LogP contribution >= 0.6 is 22.6 Å². The van der Waals surface area contributed by atoms with E-state index in [2.05, 4.69) is 41.5 Å². The van der Waals surface area contributed by atoms with Gasteiger partial charge < -0.3 is 4.74 Å². The van der Waals surface area contributed by atoms with Gasteiger partial charge in [0.1, 0.15) is 0 Å². The number of halogens is 1. The molecular weight excluding hydrogens is 291 g/mol. The molecule has 0 radical (unpaired) electrons. The summed E-state index contributed by atoms with van der Waals surface area (Å²) in [7, 11) is 0. The lowest BCUT2D eigenvalue weighted by Crippen LogP contribution is -2.11. The summed E-state index contributed by atoms with van der Waals surface area (Å²) in [6.07, 6.45) is 2.15. The van der Waals surface area contributed by atoms with Crippen LogP contribution in [-0.4, -0.2) is 15.9 Å². The molecule has 0 atom stereocenters. The van der Waals surface area contributed by atoms with E-state index in [1.54, 1.807) is 0 Å². The maximum atomic E-state index is 5.59. The fourth-order valence-corrected chi connectivity index (χ4v) is 1.72. The van der Waals surface area contributed by atoms with E-state index in [4.69, 9.17) is 4.74 Å². The minimum absolute atomic E-state index is 0.265. The van der Waals surface area contributed by atoms with Crippen LogP contribution in [0.15, 0.2) is 6.20 Å². The SMILES string of the molecule is CC(C)OCc1c(I)cnn1C(C)C. The first-order chi connectivity index (χ1) is 6.52. The summed E-state index contributed by atoms with van der Waals surface area (Å²) in [6, 6.07) is 0.393. The van der Waals surface area contributed by atoms with Gasteiger partial charge in [-0.15, -0.1) is 0 Å². The van der Waals surface area contributed by atoms with Crippen LogP contribution in [0.1, 0.15) is 39.4 Å². The van der Waals surface area contributed by atoms with Crippen molar-refractivity contribution in [2.75, 3.05) is 0 Å². The van der Waals surface area contributed by atoms with Gasteiger partial charge in [-0.1, -0.05) is 0 Å². The lowest BCUT2D eigenvalue weighted by Gasteiger charge is -2.13. The predicted octanol–water partition coefficient (Wildman–Crippen LogP) is 2.99. The average molecular weight is 308 g/mol. The van der Waals surface area contributed by atoms with Crippen molar-refractivity contribution in [3.8, 4) is 0 Å². The minimum atomic E-state index is 0.265. The Morgan fingerprint density at radius 2 is 2.07 bits per heavy atom. The topological polar surface area (TPSA) is 27.1 Å². The molecule has 0 saturated heterocycles. The van der Waals surface area contributed by atoms with Crippen LogP contribution in [0.3, 0.4) is 0 Å². The molecule has 0 bridgehead atoms. The molecular formula is C10H17IN2O. The van der Waals surface area contributed by atoms with E-state index in [-0.39, 0.29) is 6.10 Å². The summed E-state index contributed by atoms with van der Waals surface area (Å²) >= 11 is 2.30. The van der Waals surface area contributed by atoms with Gasteiger partial charge >= 0.3 is 0 Å². The molecule has 0 saturated carbocycles. The van der Waals surface area contributed by atoms with E-state index in [0.717, 1.165) is 0 Å². The first-order valence-corrected chi connectivity index (χ1v) is 5.93. The number of aromatic nitrogens is 2. The van der Waals surface area contributed by atoms with E-state index >= 15 is 0 Å². The molecule has 1 aromatic heterocycles. The first-order valence-electron chi connectivity index (χ1n) is 4.85. The van der Waals surface area contributed by atoms with Gasteiger partial charge in [0.05, 0.1) is 28.2 Å². The zero-order valence-corrected chi connectivity index (χ0v) is 11.3. The molecule has 0 N–H and O–H groups in total. The molecule has 0 aliphatic heterocycles. The van der Waals surface area contributed by atoms with Gasteiger partial charge in [0.15, 0.2) is 0 Å². The summed E-state index contributed by atoms with van der Waals surface area (Å²) in [6.45, 7) is 8.99. The molecule has 0 aliphatic rings. The monoisotopic (exact) mass is 308 g/mol. The van der Waals surface area contributed by atoms with E-state index < -0.39 is 0 Å². The third kappa shape index (κ3) is 2.95. The standard InChI is InChI=1S/C10H17IN2O/c1-7(2)13-10(6-14-8(3)4)9(11)5-12-13/h5,7-8H,6H2,1-4H3. The fraction of sp³-hybridized carbons (Fsp3) is 0.700. The van der Waals surface area contributed by atoms with Crippen LogP contribution in [0.4, 0.5) is 0 Å². The number of hydrogen-bond acceptors (Lipinski definition) is 2. The molecule has 80 valence electrons. The van der Waals surface area contributed by atoms with Gasteiger partial charge in [-0.05, 0) is 50.3 Å². The molecule has 1 heterocycles. The minimum Gasteiger partial charge on any atom is -0.372 e. The van der Waals surface area contributed by atoms with Gasteiger partial charge in [0.25, 0.3) is 0 Å². The Kier molecular flexibility index (Phi) is 4.37. The molecule has 1 aromatic rings. The zero-order chi connectivity index (χ0) is 10.7. The number of nitrogens with zero attached hydrogens (tertiary/aromatic N) is 2. The third-order valence-corrected chi connectivity index (χ3v) is 2.79. The van der Waals surface area contributed by atoms with Gasteiger partial charge in [-0.3, -0.25) is 4.68 Å². The maximum absolute atomic E-state index is 5.59. The molecule has 0 amide bonds. The molecule has 0 aliphatic carbocycles. The van der Waals surface area contributed by atoms with Crippen molar-refractivity contribution >= 4 is 22.6 Å². The third-order valence-electron chi connectivity index (χ3n) is 1.89. The summed E-state index contributed by atoms with van der Waals surface area (Å²) in [5, 5.41) is 4.32. The van der Waals surface area contributed by atoms with Crippen molar-refractivity contribution in [3.05, 3.63) is 15.5 Å². The van der Waals surface area contributed by atoms with E-state index in [1.807, 2.05) is 24.7 Å². The Bertz CT molecular complexity index is 294. The molecule has 0 fully saturated rings. The van der Waals surface area contributed by atoms with Crippen LogP contribution in [0.25, 0.3) is 0 Å². The maximum Gasteiger partial charge on any atom is 0.0899 e. The summed E-state index contributed by atoms with van der Waals surface area (Å²) in [4.78, 5) is 0. The lowest BCUT2D eigenvalue weighted by atomic mass is 10.3. The van der Waals surface area contributed by atoms with E-state index in [0.29, 0.717) is 12.6 Å². The van der Waals surface area contributed by atoms with Crippen molar-refractivity contribution in [2.24, 2.45) is 0 Å². The van der Waals surface area contributed by atoms with Crippen LogP contribution in [0.5, 0.6) is 0 Å². The van der Waals surface area contributed by atoms with Gasteiger partial charge in [0.2, 0.25) is 0 Å². The second-order valence-electron chi connectivity index (χ2n) is 3.84. The molecule has 3 nitrogen and oxygen atoms in total. The van der Waals surface area contributed by atoms with Crippen molar-refractivity contribution in [1.82, 2.24) is 9.78 Å². The van der Waals surface area contributed by atoms with Gasteiger partial charge in [0, 0.05) is 6.04 Å². The largest absolute Gasteiger partial charge is 0.372 e. The van der Waals surface area contributed by atoms with Gasteiger partial charge in [-0.25, -0.2) is 0 Å². The Hall–Kier alpha value is -0.100. The Balaban J connectivity index is 2.77. The highest BCUT2D eigenvalue weighted by Crippen LogP contribution is 2.17. The highest BCUT2D eigenvalue weighted by Gasteiger charge is 2.11. The van der Waals surface area contributed by atoms with Crippen LogP contribution in [0, 0.1) is 3.57 Å². The number of ether oxygens (including phenoxy) is 1. The van der Waals surface area contributed by atoms with Crippen molar-refractivity contribution in [3.63, 3.8) is 0 Å². The Labute approximate surface area is 99.0 Å². The highest BCUT2D eigenvalue weighted by atomic mass is 127. The number of rotatable bonds is 4. The zero-order valence-electron chi connectivity index (χ0n) is 9.12. The van der Waals surface area contributed by atoms with E-state index in [1.165, 1.54) is 9.26 Å². The fourth-order valence-electron chi connectivity index (χ4n) is 1.19. The van der Waals surface area contributed by atoms with Crippen molar-refractivity contribution in [2.45, 2.75) is 46.4 Å². The normalized spacial score (nSPS) is 11.6. The smallest absolute Gasteiger partial charge is 0.0899 e. The van der Waals surface area contributed by atoms with Crippen molar-refractivity contribution in [1.29, 1.82) is 0 Å². The quantitative estimate of drug-likeness (QED) is 0.800. The van der Waals surface area contributed by atoms with Crippen LogP contribution < -0.4 is 0 Å². The summed E-state index contributed by atoms with van der Waals surface area (Å²) in [5.41, 5.74) is 1.18. The predicted molar refractivity (Wildman–Crippen MR) is 65.3 cm³/mol. The Morgan fingerprint density at radius 3 is 2.57 bits per heavy atom. The average Bonchev–Trinajstić information content (AvgIpc) is 2.43. The second kappa shape index (κ2) is 5.11. The molecule has 4 heteroatoms. The Morgan fingerprint density at radius 1 is 1.43 bits per heavy atom. The first kappa shape index (κ1) is 12.0.